The highest BCUT2D eigenvalue weighted by Gasteiger charge is 2.20. The van der Waals surface area contributed by atoms with Gasteiger partial charge in [-0.2, -0.15) is 0 Å². The first-order valence-corrected chi connectivity index (χ1v) is 14.9. The minimum absolute atomic E-state index is 0.0572. The average Bonchev–Trinajstić information content (AvgIpc) is 3.39. The van der Waals surface area contributed by atoms with Crippen molar-refractivity contribution >= 4 is 55.9 Å². The number of allylic oxidation sites excluding steroid dienone is 2. The second-order valence-electron chi connectivity index (χ2n) is 10.6. The fourth-order valence-corrected chi connectivity index (χ4v) is 6.18. The Hall–Kier alpha value is -4.50. The Labute approximate surface area is 249 Å². The van der Waals surface area contributed by atoms with Crippen molar-refractivity contribution in [2.75, 3.05) is 16.8 Å². The van der Waals surface area contributed by atoms with Crippen molar-refractivity contribution in [3.63, 3.8) is 0 Å². The number of aliphatic carboxylic acids is 1. The number of aryl methyl sites for hydroxylation is 2. The fraction of sp³-hybridized carbons (Fsp3) is 0.273. The zero-order chi connectivity index (χ0) is 29.6. The number of carboxylic acids is 1. The number of anilines is 2. The Morgan fingerprint density at radius 3 is 2.45 bits per heavy atom. The number of carbonyl (C=O) groups excluding carboxylic acids is 2. The van der Waals surface area contributed by atoms with Crippen molar-refractivity contribution in [3.05, 3.63) is 94.6 Å². The van der Waals surface area contributed by atoms with Crippen LogP contribution in [-0.4, -0.2) is 34.5 Å². The maximum Gasteiger partial charge on any atom is 0.328 e. The smallest absolute Gasteiger partial charge is 0.328 e. The molecule has 0 aliphatic heterocycles. The molecule has 0 saturated carbocycles. The van der Waals surface area contributed by atoms with E-state index in [1.807, 2.05) is 26.0 Å². The molecule has 0 fully saturated rings. The topological polar surface area (TPSA) is 112 Å². The predicted octanol–water partition coefficient (Wildman–Crippen LogP) is 7.31. The molecule has 8 nitrogen and oxygen atoms in total. The SMILES string of the molecule is Cc1cc(C)c2nc(NC(=O)N(Cc3ccc(C(=O)NCCC(=O)O)cc3)c3ccc(C4=CCCCC4)cc3)sc2c1. The Bertz CT molecular complexity index is 1640. The summed E-state index contributed by atoms with van der Waals surface area (Å²) in [5.74, 6) is -1.31. The molecule has 1 aromatic heterocycles. The van der Waals surface area contributed by atoms with Gasteiger partial charge in [0.05, 0.1) is 23.2 Å². The van der Waals surface area contributed by atoms with Gasteiger partial charge in [-0.3, -0.25) is 19.8 Å². The van der Waals surface area contributed by atoms with E-state index in [0.717, 1.165) is 45.4 Å². The highest BCUT2D eigenvalue weighted by atomic mass is 32.1. The van der Waals surface area contributed by atoms with Crippen molar-refractivity contribution < 1.29 is 19.5 Å². The van der Waals surface area contributed by atoms with E-state index in [0.29, 0.717) is 10.7 Å². The normalized spacial score (nSPS) is 13.0. The maximum absolute atomic E-state index is 13.7. The maximum atomic E-state index is 13.7. The van der Waals surface area contributed by atoms with Gasteiger partial charge in [0.1, 0.15) is 0 Å². The lowest BCUT2D eigenvalue weighted by Crippen LogP contribution is -2.34. The summed E-state index contributed by atoms with van der Waals surface area (Å²) < 4.78 is 1.02. The summed E-state index contributed by atoms with van der Waals surface area (Å²) in [6.45, 7) is 4.40. The molecule has 0 saturated heterocycles. The van der Waals surface area contributed by atoms with Gasteiger partial charge < -0.3 is 10.4 Å². The van der Waals surface area contributed by atoms with Crippen molar-refractivity contribution in [1.82, 2.24) is 10.3 Å². The first-order chi connectivity index (χ1) is 20.3. The molecule has 0 bridgehead atoms. The molecule has 1 aliphatic carbocycles. The molecule has 0 radical (unpaired) electrons. The van der Waals surface area contributed by atoms with Gasteiger partial charge in [0.2, 0.25) is 0 Å². The fourth-order valence-electron chi connectivity index (χ4n) is 5.15. The second-order valence-corrected chi connectivity index (χ2v) is 11.6. The third-order valence-electron chi connectivity index (χ3n) is 7.31. The van der Waals surface area contributed by atoms with E-state index in [1.165, 1.54) is 35.3 Å². The number of nitrogens with one attached hydrogen (secondary N) is 2. The van der Waals surface area contributed by atoms with Crippen LogP contribution in [0.5, 0.6) is 0 Å². The van der Waals surface area contributed by atoms with E-state index in [9.17, 15) is 14.4 Å². The monoisotopic (exact) mass is 582 g/mol. The van der Waals surface area contributed by atoms with Crippen LogP contribution in [-0.2, 0) is 11.3 Å². The number of rotatable bonds is 9. The molecule has 4 aromatic rings. The highest BCUT2D eigenvalue weighted by Crippen LogP contribution is 2.31. The molecule has 3 N–H and O–H groups in total. The van der Waals surface area contributed by atoms with Crippen molar-refractivity contribution in [2.24, 2.45) is 0 Å². The number of hydrogen-bond acceptors (Lipinski definition) is 5. The zero-order valence-electron chi connectivity index (χ0n) is 23.8. The van der Waals surface area contributed by atoms with Gasteiger partial charge in [-0.25, -0.2) is 9.78 Å². The van der Waals surface area contributed by atoms with Crippen molar-refractivity contribution in [1.29, 1.82) is 0 Å². The van der Waals surface area contributed by atoms with E-state index in [-0.39, 0.29) is 31.4 Å². The van der Waals surface area contributed by atoms with Gasteiger partial charge in [0.25, 0.3) is 5.91 Å². The summed E-state index contributed by atoms with van der Waals surface area (Å²) in [4.78, 5) is 43.2. The van der Waals surface area contributed by atoms with Crippen LogP contribution in [0.3, 0.4) is 0 Å². The Kier molecular flexibility index (Phi) is 8.97. The van der Waals surface area contributed by atoms with Crippen LogP contribution >= 0.6 is 11.3 Å². The number of hydrogen-bond donors (Lipinski definition) is 3. The molecular weight excluding hydrogens is 548 g/mol. The summed E-state index contributed by atoms with van der Waals surface area (Å²) in [6, 6.07) is 18.9. The second kappa shape index (κ2) is 13.0. The predicted molar refractivity (Wildman–Crippen MR) is 168 cm³/mol. The largest absolute Gasteiger partial charge is 0.481 e. The molecule has 3 amide bonds. The molecule has 0 unspecified atom stereocenters. The van der Waals surface area contributed by atoms with Crippen LogP contribution in [0.4, 0.5) is 15.6 Å². The summed E-state index contributed by atoms with van der Waals surface area (Å²) in [5, 5.41) is 14.9. The number of benzene rings is 3. The molecule has 3 aromatic carbocycles. The van der Waals surface area contributed by atoms with E-state index >= 15 is 0 Å². The molecule has 9 heteroatoms. The molecular formula is C33H34N4O4S. The minimum Gasteiger partial charge on any atom is -0.481 e. The van der Waals surface area contributed by atoms with E-state index < -0.39 is 5.97 Å². The summed E-state index contributed by atoms with van der Waals surface area (Å²) >= 11 is 1.45. The van der Waals surface area contributed by atoms with Gasteiger partial charge in [0.15, 0.2) is 5.13 Å². The Morgan fingerprint density at radius 2 is 1.76 bits per heavy atom. The summed E-state index contributed by atoms with van der Waals surface area (Å²) in [5.41, 5.74) is 7.63. The van der Waals surface area contributed by atoms with Crippen LogP contribution in [0.2, 0.25) is 0 Å². The molecule has 42 heavy (non-hydrogen) atoms. The Balaban J connectivity index is 1.37. The summed E-state index contributed by atoms with van der Waals surface area (Å²) in [6.07, 6.45) is 6.74. The molecule has 1 aliphatic rings. The minimum atomic E-state index is -0.969. The van der Waals surface area contributed by atoms with Crippen LogP contribution < -0.4 is 15.5 Å². The van der Waals surface area contributed by atoms with Gasteiger partial charge >= 0.3 is 12.0 Å². The number of nitrogens with zero attached hydrogens (tertiary/aromatic N) is 2. The highest BCUT2D eigenvalue weighted by molar-refractivity contribution is 7.22. The number of carbonyl (C=O) groups is 3. The van der Waals surface area contributed by atoms with Crippen molar-refractivity contribution in [3.8, 4) is 0 Å². The van der Waals surface area contributed by atoms with Gasteiger partial charge in [0, 0.05) is 17.8 Å². The lowest BCUT2D eigenvalue weighted by molar-refractivity contribution is -0.136. The van der Waals surface area contributed by atoms with Gasteiger partial charge in [-0.05, 0) is 97.7 Å². The van der Waals surface area contributed by atoms with Crippen molar-refractivity contribution in [2.45, 2.75) is 52.5 Å². The third kappa shape index (κ3) is 7.03. The molecule has 5 rings (SSSR count). The summed E-state index contributed by atoms with van der Waals surface area (Å²) in [7, 11) is 0. The van der Waals surface area contributed by atoms with Gasteiger partial charge in [-0.15, -0.1) is 0 Å². The lowest BCUT2D eigenvalue weighted by Gasteiger charge is -2.23. The third-order valence-corrected chi connectivity index (χ3v) is 8.23. The van der Waals surface area contributed by atoms with E-state index in [2.05, 4.69) is 46.0 Å². The van der Waals surface area contributed by atoms with Crippen LogP contribution in [0.1, 0.15) is 64.7 Å². The number of aromatic nitrogens is 1. The number of urea groups is 1. The van der Waals surface area contributed by atoms with E-state index in [1.54, 1.807) is 29.2 Å². The van der Waals surface area contributed by atoms with Crippen LogP contribution in [0, 0.1) is 13.8 Å². The number of fused-ring (bicyclic) bond motifs is 1. The van der Waals surface area contributed by atoms with Gasteiger partial charge in [-0.1, -0.05) is 47.7 Å². The molecule has 0 spiro atoms. The zero-order valence-corrected chi connectivity index (χ0v) is 24.6. The molecule has 216 valence electrons. The quantitative estimate of drug-likeness (QED) is 0.192. The standard InChI is InChI=1S/C33H34N4O4S/c1-21-18-22(2)30-28(19-21)42-32(35-30)36-33(41)37(27-14-12-25(13-15-27)24-6-4-3-5-7-24)20-23-8-10-26(11-9-23)31(40)34-17-16-29(38)39/h6,8-15,18-19H,3-5,7,16-17,20H2,1-2H3,(H,34,40)(H,38,39)(H,35,36,41). The molecule has 0 atom stereocenters. The number of thiazole rings is 1. The Morgan fingerprint density at radius 1 is 1.00 bits per heavy atom. The van der Waals surface area contributed by atoms with Crippen LogP contribution in [0.15, 0.2) is 66.7 Å². The average molecular weight is 583 g/mol. The lowest BCUT2D eigenvalue weighted by atomic mass is 9.93. The molecule has 1 heterocycles. The first kappa shape index (κ1) is 29.0. The van der Waals surface area contributed by atoms with E-state index in [4.69, 9.17) is 5.11 Å². The van der Waals surface area contributed by atoms with Crippen LogP contribution in [0.25, 0.3) is 15.8 Å². The number of amides is 3. The first-order valence-electron chi connectivity index (χ1n) is 14.1. The number of carboxylic acid groups (broad SMARTS) is 1.